The highest BCUT2D eigenvalue weighted by molar-refractivity contribution is 7.84. The van der Waals surface area contributed by atoms with Crippen molar-refractivity contribution >= 4 is 28.6 Å². The molecule has 1 N–H and O–H groups in total. The Bertz CT molecular complexity index is 383. The molecular formula is C11H18N2O4S. The first-order chi connectivity index (χ1) is 8.47. The van der Waals surface area contributed by atoms with Crippen molar-refractivity contribution in [2.45, 2.75) is 26.2 Å². The van der Waals surface area contributed by atoms with Crippen molar-refractivity contribution in [1.29, 1.82) is 0 Å². The van der Waals surface area contributed by atoms with Crippen LogP contribution in [0.15, 0.2) is 0 Å². The second-order valence-electron chi connectivity index (χ2n) is 4.26. The molecular weight excluding hydrogens is 256 g/mol. The molecule has 7 heteroatoms. The van der Waals surface area contributed by atoms with Crippen molar-refractivity contribution in [3.63, 3.8) is 0 Å². The van der Waals surface area contributed by atoms with Crippen molar-refractivity contribution in [2.24, 2.45) is 5.92 Å². The van der Waals surface area contributed by atoms with Gasteiger partial charge in [0.2, 0.25) is 11.8 Å². The molecule has 1 aliphatic heterocycles. The Kier molecular flexibility index (Phi) is 5.46. The van der Waals surface area contributed by atoms with Gasteiger partial charge in [0.15, 0.2) is 0 Å². The molecule has 2 atom stereocenters. The fraction of sp³-hybridized carbons (Fsp3) is 0.727. The zero-order chi connectivity index (χ0) is 13.7. The van der Waals surface area contributed by atoms with Crippen LogP contribution >= 0.6 is 0 Å². The molecule has 0 saturated carbocycles. The molecule has 0 radical (unpaired) electrons. The van der Waals surface area contributed by atoms with Gasteiger partial charge in [-0.2, -0.15) is 0 Å². The van der Waals surface area contributed by atoms with Crippen molar-refractivity contribution in [2.75, 3.05) is 18.6 Å². The van der Waals surface area contributed by atoms with E-state index in [-0.39, 0.29) is 6.54 Å². The summed E-state index contributed by atoms with van der Waals surface area (Å²) >= 11 is 0. The number of amides is 4. The highest BCUT2D eigenvalue weighted by atomic mass is 32.2. The average molecular weight is 274 g/mol. The van der Waals surface area contributed by atoms with Crippen LogP contribution in [0.3, 0.4) is 0 Å². The molecule has 2 unspecified atom stereocenters. The summed E-state index contributed by atoms with van der Waals surface area (Å²) in [6.07, 6.45) is 3.19. The Morgan fingerprint density at radius 2 is 2.00 bits per heavy atom. The number of nitrogens with zero attached hydrogens (tertiary/aromatic N) is 1. The minimum Gasteiger partial charge on any atom is -0.277 e. The van der Waals surface area contributed by atoms with E-state index in [1.807, 2.05) is 6.92 Å². The van der Waals surface area contributed by atoms with Crippen LogP contribution in [0.5, 0.6) is 0 Å². The molecule has 1 aliphatic rings. The fourth-order valence-corrected chi connectivity index (χ4v) is 2.38. The molecule has 0 aromatic heterocycles. The lowest BCUT2D eigenvalue weighted by Gasteiger charge is -2.29. The number of urea groups is 1. The summed E-state index contributed by atoms with van der Waals surface area (Å²) < 4.78 is 10.9. The van der Waals surface area contributed by atoms with Crippen LogP contribution < -0.4 is 5.32 Å². The molecule has 0 aromatic carbocycles. The Morgan fingerprint density at radius 3 is 2.56 bits per heavy atom. The van der Waals surface area contributed by atoms with Gasteiger partial charge in [-0.25, -0.2) is 4.79 Å². The third-order valence-corrected chi connectivity index (χ3v) is 3.61. The van der Waals surface area contributed by atoms with Gasteiger partial charge in [-0.1, -0.05) is 13.3 Å². The van der Waals surface area contributed by atoms with Gasteiger partial charge in [0, 0.05) is 29.4 Å². The monoisotopic (exact) mass is 274 g/mol. The van der Waals surface area contributed by atoms with Crippen molar-refractivity contribution in [3.8, 4) is 0 Å². The molecule has 0 aliphatic carbocycles. The summed E-state index contributed by atoms with van der Waals surface area (Å²) in [5, 5.41) is 2.18. The maximum absolute atomic E-state index is 12.0. The van der Waals surface area contributed by atoms with E-state index in [0.717, 1.165) is 4.90 Å². The smallest absolute Gasteiger partial charge is 0.277 e. The summed E-state index contributed by atoms with van der Waals surface area (Å²) in [5.41, 5.74) is 0. The van der Waals surface area contributed by atoms with Gasteiger partial charge in [-0.3, -0.25) is 24.0 Å². The van der Waals surface area contributed by atoms with Gasteiger partial charge in [0.1, 0.15) is 5.92 Å². The Labute approximate surface area is 109 Å². The SMILES string of the molecule is CCCC1C(=O)NC(=O)N(CCCS(C)=O)C1=O. The molecule has 18 heavy (non-hydrogen) atoms. The third kappa shape index (κ3) is 3.63. The predicted octanol–water partition coefficient (Wildman–Crippen LogP) is 0.250. The molecule has 1 rings (SSSR count). The number of carbonyl (C=O) groups excluding carboxylic acids is 3. The number of hydrogen-bond donors (Lipinski definition) is 1. The normalized spacial score (nSPS) is 22.0. The van der Waals surface area contributed by atoms with E-state index in [0.29, 0.717) is 25.0 Å². The first-order valence-electron chi connectivity index (χ1n) is 5.93. The second-order valence-corrected chi connectivity index (χ2v) is 5.81. The van der Waals surface area contributed by atoms with Crippen molar-refractivity contribution < 1.29 is 18.6 Å². The largest absolute Gasteiger partial charge is 0.330 e. The highest BCUT2D eigenvalue weighted by Crippen LogP contribution is 2.16. The summed E-state index contributed by atoms with van der Waals surface area (Å²) in [4.78, 5) is 36.1. The Balaban J connectivity index is 2.65. The molecule has 1 heterocycles. The van der Waals surface area contributed by atoms with Crippen LogP contribution in [-0.4, -0.2) is 45.5 Å². The van der Waals surface area contributed by atoms with E-state index < -0.39 is 34.6 Å². The van der Waals surface area contributed by atoms with Crippen LogP contribution in [-0.2, 0) is 20.4 Å². The van der Waals surface area contributed by atoms with Crippen molar-refractivity contribution in [1.82, 2.24) is 10.2 Å². The van der Waals surface area contributed by atoms with Gasteiger partial charge in [0.25, 0.3) is 0 Å². The number of barbiturate groups is 1. The molecule has 0 aromatic rings. The number of carbonyl (C=O) groups is 3. The number of imide groups is 2. The fourth-order valence-electron chi connectivity index (χ4n) is 1.84. The first kappa shape index (κ1) is 14.8. The maximum Gasteiger partial charge on any atom is 0.330 e. The molecule has 0 bridgehead atoms. The Hall–Kier alpha value is -1.24. The second kappa shape index (κ2) is 6.63. The standard InChI is InChI=1S/C11H18N2O4S/c1-3-5-8-9(14)12-11(16)13(10(8)15)6-4-7-18(2)17/h8H,3-7H2,1-2H3,(H,12,14,16). The summed E-state index contributed by atoms with van der Waals surface area (Å²) in [6.45, 7) is 2.08. The topological polar surface area (TPSA) is 83.6 Å². The van der Waals surface area contributed by atoms with E-state index in [1.165, 1.54) is 0 Å². The van der Waals surface area contributed by atoms with Crippen LogP contribution in [0.2, 0.25) is 0 Å². The number of rotatable bonds is 6. The lowest BCUT2D eigenvalue weighted by atomic mass is 9.99. The van der Waals surface area contributed by atoms with Gasteiger partial charge in [-0.15, -0.1) is 0 Å². The van der Waals surface area contributed by atoms with Crippen LogP contribution in [0.1, 0.15) is 26.2 Å². The van der Waals surface area contributed by atoms with E-state index >= 15 is 0 Å². The minimum atomic E-state index is -0.948. The zero-order valence-corrected chi connectivity index (χ0v) is 11.4. The third-order valence-electron chi connectivity index (χ3n) is 2.75. The molecule has 1 saturated heterocycles. The van der Waals surface area contributed by atoms with Gasteiger partial charge in [0.05, 0.1) is 0 Å². The lowest BCUT2D eigenvalue weighted by Crippen LogP contribution is -2.58. The van der Waals surface area contributed by atoms with Gasteiger partial charge in [-0.05, 0) is 12.8 Å². The van der Waals surface area contributed by atoms with Crippen LogP contribution in [0.4, 0.5) is 4.79 Å². The zero-order valence-electron chi connectivity index (χ0n) is 10.6. The molecule has 6 nitrogen and oxygen atoms in total. The Morgan fingerprint density at radius 1 is 1.33 bits per heavy atom. The average Bonchev–Trinajstić information content (AvgIpc) is 2.28. The van der Waals surface area contributed by atoms with Crippen LogP contribution in [0, 0.1) is 5.92 Å². The van der Waals surface area contributed by atoms with Crippen LogP contribution in [0.25, 0.3) is 0 Å². The van der Waals surface area contributed by atoms with E-state index in [4.69, 9.17) is 0 Å². The summed E-state index contributed by atoms with van der Waals surface area (Å²) in [5.74, 6) is -1.28. The summed E-state index contributed by atoms with van der Waals surface area (Å²) in [6, 6.07) is -0.667. The van der Waals surface area contributed by atoms with Crippen molar-refractivity contribution in [3.05, 3.63) is 0 Å². The first-order valence-corrected chi connectivity index (χ1v) is 7.66. The quantitative estimate of drug-likeness (QED) is 0.704. The number of hydrogen-bond acceptors (Lipinski definition) is 4. The highest BCUT2D eigenvalue weighted by Gasteiger charge is 2.39. The maximum atomic E-state index is 12.0. The van der Waals surface area contributed by atoms with E-state index in [1.54, 1.807) is 6.26 Å². The molecule has 1 fully saturated rings. The minimum absolute atomic E-state index is 0.206. The molecule has 4 amide bonds. The number of nitrogens with one attached hydrogen (secondary N) is 1. The van der Waals surface area contributed by atoms with Gasteiger partial charge >= 0.3 is 6.03 Å². The molecule has 102 valence electrons. The lowest BCUT2D eigenvalue weighted by molar-refractivity contribution is -0.142. The summed E-state index contributed by atoms with van der Waals surface area (Å²) in [7, 11) is -0.948. The predicted molar refractivity (Wildman–Crippen MR) is 67.2 cm³/mol. The van der Waals surface area contributed by atoms with Gasteiger partial charge < -0.3 is 0 Å². The molecule has 0 spiro atoms. The van der Waals surface area contributed by atoms with E-state index in [2.05, 4.69) is 5.32 Å². The van der Waals surface area contributed by atoms with E-state index in [9.17, 15) is 18.6 Å².